The number of halogens is 2. The molecule has 2 aromatic rings. The molecule has 0 aliphatic carbocycles. The van der Waals surface area contributed by atoms with Crippen molar-refractivity contribution < 1.29 is 4.74 Å². The fourth-order valence-electron chi connectivity index (χ4n) is 2.48. The van der Waals surface area contributed by atoms with E-state index in [2.05, 4.69) is 22.3 Å². The Labute approximate surface area is 140 Å². The second-order valence-corrected chi connectivity index (χ2v) is 6.10. The molecule has 1 aliphatic heterocycles. The monoisotopic (exact) mass is 336 g/mol. The fourth-order valence-corrected chi connectivity index (χ4v) is 2.94. The first-order valence-electron chi connectivity index (χ1n) is 7.35. The highest BCUT2D eigenvalue weighted by molar-refractivity contribution is 6.35. The Morgan fingerprint density at radius 1 is 1.00 bits per heavy atom. The van der Waals surface area contributed by atoms with Crippen molar-refractivity contribution in [2.45, 2.75) is 6.61 Å². The van der Waals surface area contributed by atoms with Crippen LogP contribution in [-0.2, 0) is 6.61 Å². The van der Waals surface area contributed by atoms with Crippen molar-refractivity contribution in [2.24, 2.45) is 0 Å². The maximum absolute atomic E-state index is 6.15. The van der Waals surface area contributed by atoms with Gasteiger partial charge in [0.05, 0.1) is 0 Å². The van der Waals surface area contributed by atoms with Gasteiger partial charge in [-0.2, -0.15) is 0 Å². The lowest BCUT2D eigenvalue weighted by molar-refractivity contribution is 0.306. The minimum Gasteiger partial charge on any atom is -0.489 e. The third kappa shape index (κ3) is 3.86. The summed E-state index contributed by atoms with van der Waals surface area (Å²) >= 11 is 12.0. The Bertz CT molecular complexity index is 625. The Hall–Kier alpha value is -1.42. The van der Waals surface area contributed by atoms with Gasteiger partial charge in [0, 0.05) is 47.5 Å². The molecule has 0 spiro atoms. The average Bonchev–Trinajstić information content (AvgIpc) is 2.55. The number of piperazine rings is 1. The molecule has 0 aromatic heterocycles. The number of hydrogen-bond donors (Lipinski definition) is 1. The van der Waals surface area contributed by atoms with Gasteiger partial charge in [0.15, 0.2) is 0 Å². The Morgan fingerprint density at radius 2 is 1.73 bits per heavy atom. The zero-order valence-electron chi connectivity index (χ0n) is 12.2. The second-order valence-electron chi connectivity index (χ2n) is 5.26. The van der Waals surface area contributed by atoms with Gasteiger partial charge in [0.25, 0.3) is 0 Å². The molecular weight excluding hydrogens is 319 g/mol. The molecule has 0 amide bonds. The van der Waals surface area contributed by atoms with Crippen LogP contribution in [0.25, 0.3) is 0 Å². The maximum atomic E-state index is 6.15. The highest BCUT2D eigenvalue weighted by atomic mass is 35.5. The third-order valence-electron chi connectivity index (χ3n) is 3.73. The van der Waals surface area contributed by atoms with Crippen molar-refractivity contribution in [3.05, 3.63) is 58.1 Å². The van der Waals surface area contributed by atoms with E-state index in [-0.39, 0.29) is 0 Å². The highest BCUT2D eigenvalue weighted by Gasteiger charge is 2.10. The van der Waals surface area contributed by atoms with E-state index in [1.54, 1.807) is 6.07 Å². The van der Waals surface area contributed by atoms with Gasteiger partial charge in [-0.05, 0) is 36.4 Å². The summed E-state index contributed by atoms with van der Waals surface area (Å²) in [6.45, 7) is 4.59. The Morgan fingerprint density at radius 3 is 2.41 bits per heavy atom. The summed E-state index contributed by atoms with van der Waals surface area (Å²) in [5.74, 6) is 0.838. The molecule has 1 fully saturated rings. The van der Waals surface area contributed by atoms with Gasteiger partial charge >= 0.3 is 0 Å². The fraction of sp³-hybridized carbons (Fsp3) is 0.294. The summed E-state index contributed by atoms with van der Waals surface area (Å²) in [6, 6.07) is 13.6. The standard InChI is InChI=1S/C17H18Cl2N2O/c18-14-2-1-13(17(19)11-14)12-22-16-5-3-15(4-6-16)21-9-7-20-8-10-21/h1-6,11,20H,7-10,12H2. The van der Waals surface area contributed by atoms with Gasteiger partial charge in [-0.3, -0.25) is 0 Å². The summed E-state index contributed by atoms with van der Waals surface area (Å²) < 4.78 is 5.80. The quantitative estimate of drug-likeness (QED) is 0.913. The lowest BCUT2D eigenvalue weighted by atomic mass is 10.2. The van der Waals surface area contributed by atoms with Crippen LogP contribution in [0.1, 0.15) is 5.56 Å². The van der Waals surface area contributed by atoms with Crippen LogP contribution in [0.5, 0.6) is 5.75 Å². The molecule has 5 heteroatoms. The summed E-state index contributed by atoms with van der Waals surface area (Å²) in [5, 5.41) is 4.62. The average molecular weight is 337 g/mol. The summed E-state index contributed by atoms with van der Waals surface area (Å²) in [5.41, 5.74) is 2.16. The predicted molar refractivity (Wildman–Crippen MR) is 92.3 cm³/mol. The molecule has 1 heterocycles. The molecule has 0 saturated carbocycles. The summed E-state index contributed by atoms with van der Waals surface area (Å²) in [4.78, 5) is 2.37. The summed E-state index contributed by atoms with van der Waals surface area (Å²) in [7, 11) is 0. The lowest BCUT2D eigenvalue weighted by Crippen LogP contribution is -2.43. The summed E-state index contributed by atoms with van der Waals surface area (Å²) in [6.07, 6.45) is 0. The van der Waals surface area contributed by atoms with Gasteiger partial charge in [-0.15, -0.1) is 0 Å². The van der Waals surface area contributed by atoms with Crippen molar-refractivity contribution in [1.29, 1.82) is 0 Å². The van der Waals surface area contributed by atoms with Crippen molar-refractivity contribution in [1.82, 2.24) is 5.32 Å². The smallest absolute Gasteiger partial charge is 0.119 e. The molecule has 2 aromatic carbocycles. The number of benzene rings is 2. The minimum absolute atomic E-state index is 0.434. The molecular formula is C17H18Cl2N2O. The minimum atomic E-state index is 0.434. The van der Waals surface area contributed by atoms with Crippen LogP contribution in [0.2, 0.25) is 10.0 Å². The topological polar surface area (TPSA) is 24.5 Å². The first-order valence-corrected chi connectivity index (χ1v) is 8.10. The Balaban J connectivity index is 1.61. The van der Waals surface area contributed by atoms with E-state index >= 15 is 0 Å². The van der Waals surface area contributed by atoms with E-state index in [0.717, 1.165) is 37.5 Å². The highest BCUT2D eigenvalue weighted by Crippen LogP contribution is 2.24. The van der Waals surface area contributed by atoms with Crippen molar-refractivity contribution in [3.8, 4) is 5.75 Å². The van der Waals surface area contributed by atoms with Gasteiger partial charge in [0.2, 0.25) is 0 Å². The van der Waals surface area contributed by atoms with Gasteiger partial charge in [-0.25, -0.2) is 0 Å². The molecule has 0 unspecified atom stereocenters. The largest absolute Gasteiger partial charge is 0.489 e. The zero-order chi connectivity index (χ0) is 15.4. The van der Waals surface area contributed by atoms with Crippen LogP contribution in [0.4, 0.5) is 5.69 Å². The van der Waals surface area contributed by atoms with Crippen LogP contribution in [0.3, 0.4) is 0 Å². The first-order chi connectivity index (χ1) is 10.7. The molecule has 22 heavy (non-hydrogen) atoms. The number of rotatable bonds is 4. The number of nitrogens with zero attached hydrogens (tertiary/aromatic N) is 1. The number of anilines is 1. The molecule has 116 valence electrons. The van der Waals surface area contributed by atoms with Crippen LogP contribution >= 0.6 is 23.2 Å². The Kier molecular flexibility index (Phi) is 5.08. The van der Waals surface area contributed by atoms with E-state index in [1.165, 1.54) is 5.69 Å². The van der Waals surface area contributed by atoms with Crippen molar-refractivity contribution >= 4 is 28.9 Å². The second kappa shape index (κ2) is 7.23. The maximum Gasteiger partial charge on any atom is 0.119 e. The number of hydrogen-bond acceptors (Lipinski definition) is 3. The molecule has 1 aliphatic rings. The molecule has 3 nitrogen and oxygen atoms in total. The van der Waals surface area contributed by atoms with Crippen LogP contribution in [-0.4, -0.2) is 26.2 Å². The molecule has 0 radical (unpaired) electrons. The molecule has 0 bridgehead atoms. The van der Waals surface area contributed by atoms with Gasteiger partial charge in [0.1, 0.15) is 12.4 Å². The SMILES string of the molecule is Clc1ccc(COc2ccc(N3CCNCC3)cc2)c(Cl)c1. The van der Waals surface area contributed by atoms with E-state index in [9.17, 15) is 0 Å². The zero-order valence-corrected chi connectivity index (χ0v) is 13.7. The predicted octanol–water partition coefficient (Wildman–Crippen LogP) is 3.98. The van der Waals surface area contributed by atoms with Crippen molar-refractivity contribution in [3.63, 3.8) is 0 Å². The third-order valence-corrected chi connectivity index (χ3v) is 4.32. The van der Waals surface area contributed by atoms with Gasteiger partial charge < -0.3 is 15.0 Å². The number of ether oxygens (including phenoxy) is 1. The molecule has 1 N–H and O–H groups in total. The van der Waals surface area contributed by atoms with Crippen LogP contribution in [0, 0.1) is 0 Å². The molecule has 0 atom stereocenters. The normalized spacial score (nSPS) is 14.9. The van der Waals surface area contributed by atoms with Crippen LogP contribution in [0.15, 0.2) is 42.5 Å². The van der Waals surface area contributed by atoms with Gasteiger partial charge in [-0.1, -0.05) is 29.3 Å². The lowest BCUT2D eigenvalue weighted by Gasteiger charge is -2.29. The van der Waals surface area contributed by atoms with Crippen molar-refractivity contribution in [2.75, 3.05) is 31.1 Å². The number of nitrogens with one attached hydrogen (secondary N) is 1. The van der Waals surface area contributed by atoms with E-state index in [4.69, 9.17) is 27.9 Å². The van der Waals surface area contributed by atoms with E-state index < -0.39 is 0 Å². The first kappa shape index (κ1) is 15.5. The molecule has 3 rings (SSSR count). The van der Waals surface area contributed by atoms with Crippen LogP contribution < -0.4 is 15.0 Å². The van der Waals surface area contributed by atoms with E-state index in [1.807, 2.05) is 24.3 Å². The van der Waals surface area contributed by atoms with E-state index in [0.29, 0.717) is 16.7 Å². The molecule has 1 saturated heterocycles.